The van der Waals surface area contributed by atoms with E-state index in [4.69, 9.17) is 13.0 Å². The summed E-state index contributed by atoms with van der Waals surface area (Å²) in [6, 6.07) is 0. The second-order valence-electron chi connectivity index (χ2n) is 2.44. The maximum atomic E-state index is 5.57. The fraction of sp³-hybridized carbons (Fsp3) is 1.00. The van der Waals surface area contributed by atoms with Crippen LogP contribution in [0.2, 0.25) is 19.6 Å². The van der Waals surface area contributed by atoms with Crippen LogP contribution in [0.1, 0.15) is 0 Å². The van der Waals surface area contributed by atoms with Crippen molar-refractivity contribution >= 4 is 17.8 Å². The van der Waals surface area contributed by atoms with Gasteiger partial charge in [-0.2, -0.15) is 0 Å². The Morgan fingerprint density at radius 3 is 1.60 bits per heavy atom. The van der Waals surface area contributed by atoms with E-state index in [1.807, 2.05) is 6.55 Å². The normalized spacial score (nSPS) is 12.6. The first kappa shape index (κ1) is 10.3. The van der Waals surface area contributed by atoms with Gasteiger partial charge in [0.15, 0.2) is 9.04 Å². The smallest absolute Gasteiger partial charge is 0.419 e. The maximum Gasteiger partial charge on any atom is 0.486 e. The third-order valence-corrected chi connectivity index (χ3v) is 6.27. The summed E-state index contributed by atoms with van der Waals surface area (Å²) in [4.78, 5) is 0. The van der Waals surface area contributed by atoms with E-state index in [1.165, 1.54) is 0 Å². The Morgan fingerprint density at radius 2 is 1.50 bits per heavy atom. The van der Waals surface area contributed by atoms with Crippen LogP contribution in [0.25, 0.3) is 0 Å². The third kappa shape index (κ3) is 3.47. The molecule has 0 aromatic carbocycles. The quantitative estimate of drug-likeness (QED) is 0.600. The molecule has 5 heteroatoms. The summed E-state index contributed by atoms with van der Waals surface area (Å²) in [5, 5.41) is 0. The molecule has 0 heterocycles. The lowest BCUT2D eigenvalue weighted by atomic mass is 11.8. The minimum Gasteiger partial charge on any atom is -0.419 e. The first-order valence-electron chi connectivity index (χ1n) is 3.32. The van der Waals surface area contributed by atoms with Gasteiger partial charge < -0.3 is 13.0 Å². The molecule has 0 unspecified atom stereocenters. The van der Waals surface area contributed by atoms with Crippen LogP contribution in [0.15, 0.2) is 0 Å². The van der Waals surface area contributed by atoms with Gasteiger partial charge in [0.25, 0.3) is 0 Å². The van der Waals surface area contributed by atoms with Crippen LogP contribution >= 0.6 is 0 Å². The van der Waals surface area contributed by atoms with Crippen molar-refractivity contribution in [3.8, 4) is 0 Å². The molecule has 0 radical (unpaired) electrons. The van der Waals surface area contributed by atoms with Crippen molar-refractivity contribution in [1.29, 1.82) is 0 Å². The number of hydrogen-bond donors (Lipinski definition) is 0. The highest BCUT2D eigenvalue weighted by Gasteiger charge is 2.32. The molecule has 0 N–H and O–H groups in total. The molecule has 0 spiro atoms. The fourth-order valence-electron chi connectivity index (χ4n) is 0.608. The van der Waals surface area contributed by atoms with Crippen molar-refractivity contribution in [1.82, 2.24) is 0 Å². The van der Waals surface area contributed by atoms with Crippen LogP contribution in [0, 0.1) is 0 Å². The molecular formula is C5H16O3Si2. The SMILES string of the molecule is CO[Si](C)(OC)O[SiH](C)C. The highest BCUT2D eigenvalue weighted by atomic mass is 28.4. The summed E-state index contributed by atoms with van der Waals surface area (Å²) >= 11 is 0. The molecule has 0 aliphatic rings. The third-order valence-electron chi connectivity index (χ3n) is 1.19. The van der Waals surface area contributed by atoms with Crippen molar-refractivity contribution in [2.45, 2.75) is 19.6 Å². The zero-order valence-corrected chi connectivity index (χ0v) is 9.46. The Kier molecular flexibility index (Phi) is 4.38. The predicted molar refractivity (Wildman–Crippen MR) is 45.6 cm³/mol. The molecule has 0 saturated heterocycles. The topological polar surface area (TPSA) is 27.7 Å². The van der Waals surface area contributed by atoms with E-state index in [2.05, 4.69) is 13.1 Å². The Morgan fingerprint density at radius 1 is 1.10 bits per heavy atom. The molecule has 0 aromatic rings. The van der Waals surface area contributed by atoms with Crippen molar-refractivity contribution < 1.29 is 13.0 Å². The van der Waals surface area contributed by atoms with E-state index >= 15 is 0 Å². The zero-order valence-electron chi connectivity index (χ0n) is 7.30. The Labute approximate surface area is 65.4 Å². The van der Waals surface area contributed by atoms with Crippen LogP contribution in [0.4, 0.5) is 0 Å². The van der Waals surface area contributed by atoms with Gasteiger partial charge in [-0.25, -0.2) is 0 Å². The van der Waals surface area contributed by atoms with Crippen molar-refractivity contribution in [2.75, 3.05) is 14.2 Å². The minimum atomic E-state index is -2.20. The van der Waals surface area contributed by atoms with Crippen LogP contribution < -0.4 is 0 Å². The van der Waals surface area contributed by atoms with Gasteiger partial charge in [-0.15, -0.1) is 0 Å². The van der Waals surface area contributed by atoms with Gasteiger partial charge in [-0.05, 0) is 13.1 Å². The Hall–Kier alpha value is 0.314. The molecule has 0 aliphatic carbocycles. The van der Waals surface area contributed by atoms with Gasteiger partial charge in [-0.1, -0.05) is 0 Å². The molecule has 0 aromatic heterocycles. The highest BCUT2D eigenvalue weighted by Crippen LogP contribution is 2.07. The van der Waals surface area contributed by atoms with E-state index in [1.54, 1.807) is 14.2 Å². The summed E-state index contributed by atoms with van der Waals surface area (Å²) < 4.78 is 15.8. The molecule has 0 atom stereocenters. The van der Waals surface area contributed by atoms with Crippen LogP contribution in [0.5, 0.6) is 0 Å². The molecule has 62 valence electrons. The van der Waals surface area contributed by atoms with Gasteiger partial charge >= 0.3 is 8.80 Å². The summed E-state index contributed by atoms with van der Waals surface area (Å²) in [6.45, 7) is 6.10. The minimum absolute atomic E-state index is 1.02. The van der Waals surface area contributed by atoms with Gasteiger partial charge in [0.2, 0.25) is 0 Å². The van der Waals surface area contributed by atoms with Crippen molar-refractivity contribution in [3.05, 3.63) is 0 Å². The number of rotatable bonds is 4. The summed E-state index contributed by atoms with van der Waals surface area (Å²) in [5.41, 5.74) is 0. The lowest BCUT2D eigenvalue weighted by Crippen LogP contribution is -2.43. The Bertz CT molecular complexity index is 92.9. The van der Waals surface area contributed by atoms with E-state index < -0.39 is 17.8 Å². The largest absolute Gasteiger partial charge is 0.486 e. The molecule has 3 nitrogen and oxygen atoms in total. The number of hydrogen-bond acceptors (Lipinski definition) is 3. The van der Waals surface area contributed by atoms with Gasteiger partial charge in [0, 0.05) is 20.8 Å². The Balaban J connectivity index is 3.80. The van der Waals surface area contributed by atoms with Gasteiger partial charge in [0.05, 0.1) is 0 Å². The van der Waals surface area contributed by atoms with Crippen LogP contribution in [0.3, 0.4) is 0 Å². The maximum absolute atomic E-state index is 5.57. The summed E-state index contributed by atoms with van der Waals surface area (Å²) in [6.07, 6.45) is 0. The summed E-state index contributed by atoms with van der Waals surface area (Å²) in [7, 11) is 0.0451. The highest BCUT2D eigenvalue weighted by molar-refractivity contribution is 6.69. The molecule has 0 saturated carbocycles. The average molecular weight is 180 g/mol. The lowest BCUT2D eigenvalue weighted by molar-refractivity contribution is 0.170. The van der Waals surface area contributed by atoms with Crippen LogP contribution in [-0.2, 0) is 13.0 Å². The first-order chi connectivity index (χ1) is 4.54. The first-order valence-corrected chi connectivity index (χ1v) is 8.32. The molecule has 10 heavy (non-hydrogen) atoms. The molecule has 0 fully saturated rings. The second kappa shape index (κ2) is 4.25. The van der Waals surface area contributed by atoms with Crippen LogP contribution in [-0.4, -0.2) is 32.1 Å². The van der Waals surface area contributed by atoms with E-state index in [-0.39, 0.29) is 0 Å². The zero-order chi connectivity index (χ0) is 8.20. The van der Waals surface area contributed by atoms with E-state index in [0.29, 0.717) is 0 Å². The van der Waals surface area contributed by atoms with E-state index in [9.17, 15) is 0 Å². The second-order valence-corrected chi connectivity index (χ2v) is 8.02. The lowest BCUT2D eigenvalue weighted by Gasteiger charge is -2.24. The average Bonchev–Trinajstić information content (AvgIpc) is 1.87. The molecular weight excluding hydrogens is 164 g/mol. The fourth-order valence-corrected chi connectivity index (χ4v) is 4.97. The summed E-state index contributed by atoms with van der Waals surface area (Å²) in [5.74, 6) is 0. The van der Waals surface area contributed by atoms with E-state index in [0.717, 1.165) is 0 Å². The molecule has 0 rings (SSSR count). The van der Waals surface area contributed by atoms with Crippen molar-refractivity contribution in [3.63, 3.8) is 0 Å². The predicted octanol–water partition coefficient (Wildman–Crippen LogP) is 0.848. The molecule has 0 bridgehead atoms. The molecule has 0 aliphatic heterocycles. The standard InChI is InChI=1S/C5H16O3Si2/c1-6-10(5,7-2)8-9(3)4/h9H,1-5H3. The van der Waals surface area contributed by atoms with Crippen molar-refractivity contribution in [2.24, 2.45) is 0 Å². The van der Waals surface area contributed by atoms with Gasteiger partial charge in [0.1, 0.15) is 0 Å². The monoisotopic (exact) mass is 180 g/mol. The molecule has 0 amide bonds. The van der Waals surface area contributed by atoms with Gasteiger partial charge in [-0.3, -0.25) is 0 Å².